The summed E-state index contributed by atoms with van der Waals surface area (Å²) in [6, 6.07) is 12.8. The highest BCUT2D eigenvalue weighted by Crippen LogP contribution is 2.25. The number of carbonyl (C=O) groups excluding carboxylic acids is 1. The van der Waals surface area contributed by atoms with Crippen molar-refractivity contribution in [1.82, 2.24) is 4.72 Å². The molecule has 0 saturated heterocycles. The van der Waals surface area contributed by atoms with Gasteiger partial charge in [0.1, 0.15) is 0 Å². The van der Waals surface area contributed by atoms with E-state index in [9.17, 15) is 13.2 Å². The van der Waals surface area contributed by atoms with Gasteiger partial charge in [0.2, 0.25) is 10.0 Å². The fourth-order valence-electron chi connectivity index (χ4n) is 2.14. The van der Waals surface area contributed by atoms with Crippen molar-refractivity contribution in [3.05, 3.63) is 76.3 Å². The first-order chi connectivity index (χ1) is 11.2. The second kappa shape index (κ2) is 7.42. The van der Waals surface area contributed by atoms with Crippen LogP contribution in [0.2, 0.25) is 0 Å². The van der Waals surface area contributed by atoms with Crippen LogP contribution in [0.3, 0.4) is 0 Å². The third kappa shape index (κ3) is 4.41. The summed E-state index contributed by atoms with van der Waals surface area (Å²) < 4.78 is 28.7. The molecule has 0 heterocycles. The quantitative estimate of drug-likeness (QED) is 0.737. The Balaban J connectivity index is 2.41. The molecule has 0 aromatic heterocycles. The second-order valence-corrected chi connectivity index (χ2v) is 8.13. The molecule has 0 fully saturated rings. The molecule has 6 heteroatoms. The van der Waals surface area contributed by atoms with Crippen LogP contribution < -0.4 is 4.72 Å². The van der Waals surface area contributed by atoms with Gasteiger partial charge in [0, 0.05) is 10.0 Å². The summed E-state index contributed by atoms with van der Waals surface area (Å²) in [4.78, 5) is 11.9. The minimum atomic E-state index is -3.79. The first-order valence-electron chi connectivity index (χ1n) is 7.25. The Morgan fingerprint density at radius 2 is 1.62 bits per heavy atom. The number of rotatable bonds is 6. The number of carbonyl (C=O) groups is 1. The van der Waals surface area contributed by atoms with Crippen molar-refractivity contribution in [3.63, 3.8) is 0 Å². The molecule has 0 aliphatic heterocycles. The van der Waals surface area contributed by atoms with Crippen LogP contribution >= 0.6 is 15.9 Å². The lowest BCUT2D eigenvalue weighted by Crippen LogP contribution is -2.31. The smallest absolute Gasteiger partial charge is 0.241 e. The van der Waals surface area contributed by atoms with Gasteiger partial charge in [0.25, 0.3) is 0 Å². The van der Waals surface area contributed by atoms with Gasteiger partial charge in [0.15, 0.2) is 5.78 Å². The minimum absolute atomic E-state index is 0.145. The van der Waals surface area contributed by atoms with Crippen LogP contribution in [0.25, 0.3) is 0 Å². The predicted octanol–water partition coefficient (Wildman–Crippen LogP) is 3.92. The summed E-state index contributed by atoms with van der Waals surface area (Å²) in [7, 11) is -3.79. The topological polar surface area (TPSA) is 63.2 Å². The Morgan fingerprint density at radius 3 is 2.12 bits per heavy atom. The van der Waals surface area contributed by atoms with E-state index in [0.29, 0.717) is 5.56 Å². The van der Waals surface area contributed by atoms with Crippen molar-refractivity contribution in [2.75, 3.05) is 0 Å². The number of halogens is 1. The summed E-state index contributed by atoms with van der Waals surface area (Å²) in [6.07, 6.45) is 0. The van der Waals surface area contributed by atoms with Crippen molar-refractivity contribution < 1.29 is 13.2 Å². The monoisotopic (exact) mass is 407 g/mol. The molecule has 0 aliphatic carbocycles. The molecule has 2 rings (SSSR count). The molecule has 1 atom stereocenters. The van der Waals surface area contributed by atoms with Crippen molar-refractivity contribution in [2.45, 2.75) is 24.8 Å². The molecule has 1 unspecified atom stereocenters. The van der Waals surface area contributed by atoms with Gasteiger partial charge in [-0.25, -0.2) is 8.42 Å². The van der Waals surface area contributed by atoms with E-state index < -0.39 is 16.1 Å². The molecule has 0 saturated carbocycles. The van der Waals surface area contributed by atoms with Crippen molar-refractivity contribution in [1.29, 1.82) is 0 Å². The predicted molar refractivity (Wildman–Crippen MR) is 98.2 cm³/mol. The summed E-state index contributed by atoms with van der Waals surface area (Å²) in [5.74, 6) is -0.269. The number of hydrogen-bond donors (Lipinski definition) is 1. The van der Waals surface area contributed by atoms with E-state index in [1.165, 1.54) is 19.1 Å². The fraction of sp³-hybridized carbons (Fsp3) is 0.167. The number of Topliss-reactive ketones (excluding diaryl/α,β-unsaturated/α-hetero) is 1. The molecule has 0 amide bonds. The molecule has 0 bridgehead atoms. The lowest BCUT2D eigenvalue weighted by Gasteiger charge is -2.20. The molecule has 1 N–H and O–H groups in total. The van der Waals surface area contributed by atoms with Gasteiger partial charge in [-0.05, 0) is 43.7 Å². The largest absolute Gasteiger partial charge is 0.295 e. The molecule has 0 spiro atoms. The highest BCUT2D eigenvalue weighted by Gasteiger charge is 2.25. The number of benzene rings is 2. The van der Waals surface area contributed by atoms with E-state index in [4.69, 9.17) is 0 Å². The highest BCUT2D eigenvalue weighted by atomic mass is 79.9. The van der Waals surface area contributed by atoms with E-state index in [1.807, 2.05) is 6.92 Å². The summed E-state index contributed by atoms with van der Waals surface area (Å²) >= 11 is 3.34. The molecular formula is C18H18BrNO3S. The van der Waals surface area contributed by atoms with Gasteiger partial charge in [-0.15, -0.1) is 0 Å². The zero-order chi connectivity index (χ0) is 17.9. The van der Waals surface area contributed by atoms with Crippen molar-refractivity contribution >= 4 is 31.7 Å². The number of nitrogens with one attached hydrogen (secondary N) is 1. The summed E-state index contributed by atoms with van der Waals surface area (Å²) in [5.41, 5.74) is 1.80. The van der Waals surface area contributed by atoms with Crippen LogP contribution in [0.15, 0.2) is 70.1 Å². The van der Waals surface area contributed by atoms with Crippen LogP contribution in [0.5, 0.6) is 0 Å². The third-order valence-electron chi connectivity index (χ3n) is 3.61. The number of hydrogen-bond acceptors (Lipinski definition) is 3. The molecule has 4 nitrogen and oxygen atoms in total. The fourth-order valence-corrected chi connectivity index (χ4v) is 3.62. The van der Waals surface area contributed by atoms with Gasteiger partial charge < -0.3 is 0 Å². The first kappa shape index (κ1) is 18.6. The number of aryl methyl sites for hydroxylation is 1. The second-order valence-electron chi connectivity index (χ2n) is 5.50. The van der Waals surface area contributed by atoms with Crippen LogP contribution in [0.4, 0.5) is 0 Å². The summed E-state index contributed by atoms with van der Waals surface area (Å²) in [5, 5.41) is 0. The Morgan fingerprint density at radius 1 is 1.08 bits per heavy atom. The third-order valence-corrected chi connectivity index (χ3v) is 5.58. The molecule has 126 valence electrons. The maximum absolute atomic E-state index is 12.6. The normalized spacial score (nSPS) is 12.6. The van der Waals surface area contributed by atoms with Gasteiger partial charge >= 0.3 is 0 Å². The average molecular weight is 408 g/mol. The van der Waals surface area contributed by atoms with Crippen LogP contribution in [-0.2, 0) is 14.8 Å². The van der Waals surface area contributed by atoms with Crippen LogP contribution in [0.1, 0.15) is 24.1 Å². The van der Waals surface area contributed by atoms with Gasteiger partial charge in [-0.3, -0.25) is 4.79 Å². The van der Waals surface area contributed by atoms with E-state index in [1.54, 1.807) is 36.4 Å². The molecule has 2 aromatic rings. The first-order valence-corrected chi connectivity index (χ1v) is 9.52. The zero-order valence-electron chi connectivity index (χ0n) is 13.4. The molecule has 0 radical (unpaired) electrons. The Labute approximate surface area is 150 Å². The van der Waals surface area contributed by atoms with E-state index in [2.05, 4.69) is 27.2 Å². The molecular weight excluding hydrogens is 390 g/mol. The molecule has 24 heavy (non-hydrogen) atoms. The molecule has 2 aromatic carbocycles. The van der Waals surface area contributed by atoms with Gasteiger partial charge in [0.05, 0.1) is 10.9 Å². The Bertz CT molecular complexity index is 856. The maximum atomic E-state index is 12.6. The summed E-state index contributed by atoms with van der Waals surface area (Å²) in [6.45, 7) is 7.01. The maximum Gasteiger partial charge on any atom is 0.241 e. The lowest BCUT2D eigenvalue weighted by molar-refractivity contribution is -0.113. The lowest BCUT2D eigenvalue weighted by atomic mass is 9.98. The number of sulfonamides is 1. The van der Waals surface area contributed by atoms with Crippen LogP contribution in [0, 0.1) is 6.92 Å². The van der Waals surface area contributed by atoms with E-state index in [-0.39, 0.29) is 16.3 Å². The average Bonchev–Trinajstić information content (AvgIpc) is 2.53. The van der Waals surface area contributed by atoms with Crippen LogP contribution in [-0.4, -0.2) is 14.2 Å². The van der Waals surface area contributed by atoms with Crippen molar-refractivity contribution in [3.8, 4) is 0 Å². The Hall–Kier alpha value is -1.76. The van der Waals surface area contributed by atoms with Gasteiger partial charge in [-0.2, -0.15) is 4.72 Å². The standard InChI is InChI=1S/C18H18BrNO3S/c1-12-4-10-17(11-5-12)24(22,23)20-18(13(2)14(3)21)15-6-8-16(19)9-7-15/h4-11,18,20H,2H2,1,3H3. The van der Waals surface area contributed by atoms with Crippen molar-refractivity contribution in [2.24, 2.45) is 0 Å². The number of ketones is 1. The Kier molecular flexibility index (Phi) is 5.74. The van der Waals surface area contributed by atoms with Gasteiger partial charge in [-0.1, -0.05) is 52.3 Å². The highest BCUT2D eigenvalue weighted by molar-refractivity contribution is 9.10. The van der Waals surface area contributed by atoms with E-state index in [0.717, 1.165) is 10.0 Å². The SMILES string of the molecule is C=C(C(C)=O)C(NS(=O)(=O)c1ccc(C)cc1)c1ccc(Br)cc1. The molecule has 0 aliphatic rings. The zero-order valence-corrected chi connectivity index (χ0v) is 15.8. The van der Waals surface area contributed by atoms with E-state index >= 15 is 0 Å². The minimum Gasteiger partial charge on any atom is -0.295 e.